The SMILES string of the molecule is Cc1ccccc1CC1(O)CCN(C(=O)c2ccc(NS(=O)(=O)c3ccc(F)c4cccnc34)cc2)CC1. The quantitative estimate of drug-likeness (QED) is 0.375. The third-order valence-electron chi connectivity index (χ3n) is 7.12. The minimum Gasteiger partial charge on any atom is -0.389 e. The van der Waals surface area contributed by atoms with Crippen molar-refractivity contribution < 1.29 is 22.7 Å². The summed E-state index contributed by atoms with van der Waals surface area (Å²) >= 11 is 0. The van der Waals surface area contributed by atoms with Crippen molar-refractivity contribution in [2.24, 2.45) is 0 Å². The van der Waals surface area contributed by atoms with Crippen LogP contribution in [0.2, 0.25) is 0 Å². The summed E-state index contributed by atoms with van der Waals surface area (Å²) < 4.78 is 42.7. The van der Waals surface area contributed by atoms with E-state index in [9.17, 15) is 22.7 Å². The monoisotopic (exact) mass is 533 g/mol. The molecule has 0 atom stereocenters. The first-order valence-electron chi connectivity index (χ1n) is 12.4. The van der Waals surface area contributed by atoms with Gasteiger partial charge in [0, 0.05) is 42.3 Å². The van der Waals surface area contributed by atoms with E-state index in [0.717, 1.165) is 17.2 Å². The summed E-state index contributed by atoms with van der Waals surface area (Å²) in [5.74, 6) is -0.729. The summed E-state index contributed by atoms with van der Waals surface area (Å²) in [7, 11) is -4.05. The van der Waals surface area contributed by atoms with E-state index in [-0.39, 0.29) is 27.4 Å². The second-order valence-electron chi connectivity index (χ2n) is 9.75. The Labute approximate surface area is 221 Å². The summed E-state index contributed by atoms with van der Waals surface area (Å²) in [6.45, 7) is 2.89. The van der Waals surface area contributed by atoms with Gasteiger partial charge in [-0.1, -0.05) is 24.3 Å². The number of pyridine rings is 1. The number of hydrogen-bond donors (Lipinski definition) is 2. The molecule has 4 aromatic rings. The Hall–Kier alpha value is -3.82. The number of halogens is 1. The first-order valence-corrected chi connectivity index (χ1v) is 13.9. The Morgan fingerprint density at radius 3 is 2.45 bits per heavy atom. The highest BCUT2D eigenvalue weighted by atomic mass is 32.2. The smallest absolute Gasteiger partial charge is 0.264 e. The fourth-order valence-electron chi connectivity index (χ4n) is 4.87. The highest BCUT2D eigenvalue weighted by molar-refractivity contribution is 7.93. The number of amides is 1. The first-order chi connectivity index (χ1) is 18.2. The van der Waals surface area contributed by atoms with Gasteiger partial charge in [0.25, 0.3) is 15.9 Å². The second-order valence-corrected chi connectivity index (χ2v) is 11.4. The van der Waals surface area contributed by atoms with Crippen LogP contribution in [-0.2, 0) is 16.4 Å². The molecule has 0 spiro atoms. The maximum atomic E-state index is 14.1. The minimum atomic E-state index is -4.05. The van der Waals surface area contributed by atoms with E-state index in [1.54, 1.807) is 17.0 Å². The maximum Gasteiger partial charge on any atom is 0.264 e. The van der Waals surface area contributed by atoms with Gasteiger partial charge in [-0.2, -0.15) is 0 Å². The third-order valence-corrected chi connectivity index (χ3v) is 8.53. The maximum absolute atomic E-state index is 14.1. The molecule has 1 aliphatic heterocycles. The average molecular weight is 534 g/mol. The summed E-state index contributed by atoms with van der Waals surface area (Å²) in [6, 6.07) is 19.4. The van der Waals surface area contributed by atoms with Crippen LogP contribution in [0.15, 0.2) is 83.9 Å². The fraction of sp³-hybridized carbons (Fsp3) is 0.241. The number of carbonyl (C=O) groups is 1. The van der Waals surface area contributed by atoms with E-state index in [2.05, 4.69) is 9.71 Å². The number of aromatic nitrogens is 1. The largest absolute Gasteiger partial charge is 0.389 e. The molecular weight excluding hydrogens is 505 g/mol. The van der Waals surface area contributed by atoms with Crippen LogP contribution < -0.4 is 4.72 Å². The first kappa shape index (κ1) is 25.8. The van der Waals surface area contributed by atoms with Gasteiger partial charge in [0.1, 0.15) is 10.7 Å². The van der Waals surface area contributed by atoms with Crippen molar-refractivity contribution in [2.75, 3.05) is 17.8 Å². The zero-order valence-electron chi connectivity index (χ0n) is 20.9. The summed E-state index contributed by atoms with van der Waals surface area (Å²) in [5, 5.41) is 11.2. The van der Waals surface area contributed by atoms with Crippen LogP contribution in [0.4, 0.5) is 10.1 Å². The van der Waals surface area contributed by atoms with Crippen molar-refractivity contribution in [3.8, 4) is 0 Å². The summed E-state index contributed by atoms with van der Waals surface area (Å²) in [6.07, 6.45) is 2.91. The molecule has 0 saturated carbocycles. The number of rotatable bonds is 6. The van der Waals surface area contributed by atoms with E-state index in [1.165, 1.54) is 36.5 Å². The normalized spacial score (nSPS) is 15.4. The molecule has 0 bridgehead atoms. The second kappa shape index (κ2) is 10.2. The van der Waals surface area contributed by atoms with Crippen LogP contribution in [0, 0.1) is 12.7 Å². The van der Waals surface area contributed by atoms with Gasteiger partial charge >= 0.3 is 0 Å². The van der Waals surface area contributed by atoms with Crippen molar-refractivity contribution in [1.29, 1.82) is 0 Å². The molecule has 9 heteroatoms. The van der Waals surface area contributed by atoms with Crippen molar-refractivity contribution in [2.45, 2.75) is 36.7 Å². The van der Waals surface area contributed by atoms with Gasteiger partial charge in [-0.25, -0.2) is 12.8 Å². The standard InChI is InChI=1S/C29H28FN3O4S/c1-20-5-2-3-6-22(20)19-29(35)14-17-33(18-15-29)28(34)21-8-10-23(11-9-21)32-38(36,37)26-13-12-25(30)24-7-4-16-31-27(24)26/h2-13,16,32,35H,14-15,17-19H2,1H3. The Balaban J connectivity index is 1.25. The number of nitrogens with one attached hydrogen (secondary N) is 1. The minimum absolute atomic E-state index is 0.0410. The number of likely N-dealkylation sites (tertiary alicyclic amines) is 1. The molecule has 1 amide bonds. The summed E-state index contributed by atoms with van der Waals surface area (Å²) in [4.78, 5) is 18.7. The molecule has 1 aliphatic rings. The predicted molar refractivity (Wildman–Crippen MR) is 144 cm³/mol. The molecular formula is C29H28FN3O4S. The van der Waals surface area contributed by atoms with E-state index in [4.69, 9.17) is 0 Å². The van der Waals surface area contributed by atoms with Crippen LogP contribution >= 0.6 is 0 Å². The number of benzene rings is 3. The molecule has 7 nitrogen and oxygen atoms in total. The number of sulfonamides is 1. The number of anilines is 1. The lowest BCUT2D eigenvalue weighted by molar-refractivity contribution is -0.0163. The van der Waals surface area contributed by atoms with Crippen LogP contribution in [0.3, 0.4) is 0 Å². The molecule has 2 N–H and O–H groups in total. The van der Waals surface area contributed by atoms with Gasteiger partial charge in [0.15, 0.2) is 0 Å². The number of hydrogen-bond acceptors (Lipinski definition) is 5. The van der Waals surface area contributed by atoms with Gasteiger partial charge in [-0.15, -0.1) is 0 Å². The molecule has 1 aromatic heterocycles. The average Bonchev–Trinajstić information content (AvgIpc) is 2.90. The van der Waals surface area contributed by atoms with Gasteiger partial charge in [-0.05, 0) is 79.4 Å². The Morgan fingerprint density at radius 1 is 1.03 bits per heavy atom. The van der Waals surface area contributed by atoms with Gasteiger partial charge < -0.3 is 10.0 Å². The molecule has 0 unspecified atom stereocenters. The lowest BCUT2D eigenvalue weighted by atomic mass is 9.84. The van der Waals surface area contributed by atoms with Crippen molar-refractivity contribution in [1.82, 2.24) is 9.88 Å². The number of fused-ring (bicyclic) bond motifs is 1. The van der Waals surface area contributed by atoms with E-state index >= 15 is 0 Å². The molecule has 38 heavy (non-hydrogen) atoms. The zero-order valence-corrected chi connectivity index (χ0v) is 21.7. The highest BCUT2D eigenvalue weighted by Crippen LogP contribution is 2.29. The molecule has 0 aliphatic carbocycles. The number of nitrogens with zero attached hydrogens (tertiary/aromatic N) is 2. The number of aryl methyl sites for hydroxylation is 1. The van der Waals surface area contributed by atoms with Crippen molar-refractivity contribution >= 4 is 32.5 Å². The van der Waals surface area contributed by atoms with E-state index in [1.807, 2.05) is 31.2 Å². The lowest BCUT2D eigenvalue weighted by Gasteiger charge is -2.38. The number of aliphatic hydroxyl groups is 1. The van der Waals surface area contributed by atoms with Crippen LogP contribution in [0.1, 0.15) is 34.3 Å². The summed E-state index contributed by atoms with van der Waals surface area (Å²) in [5.41, 5.74) is 2.12. The topological polar surface area (TPSA) is 99.6 Å². The zero-order chi connectivity index (χ0) is 26.9. The molecule has 3 aromatic carbocycles. The van der Waals surface area contributed by atoms with Crippen LogP contribution in [-0.4, -0.2) is 48.0 Å². The third kappa shape index (κ3) is 5.25. The van der Waals surface area contributed by atoms with Gasteiger partial charge in [0.05, 0.1) is 11.1 Å². The molecule has 5 rings (SSSR count). The fourth-order valence-corrected chi connectivity index (χ4v) is 6.09. The highest BCUT2D eigenvalue weighted by Gasteiger charge is 2.34. The van der Waals surface area contributed by atoms with Crippen LogP contribution in [0.25, 0.3) is 10.9 Å². The number of piperidine rings is 1. The van der Waals surface area contributed by atoms with E-state index < -0.39 is 21.4 Å². The van der Waals surface area contributed by atoms with Crippen molar-refractivity contribution in [3.05, 3.63) is 102 Å². The molecule has 2 heterocycles. The van der Waals surface area contributed by atoms with E-state index in [0.29, 0.717) is 37.9 Å². The molecule has 1 fully saturated rings. The Bertz CT molecular complexity index is 1600. The predicted octanol–water partition coefficient (Wildman–Crippen LogP) is 4.69. The Morgan fingerprint density at radius 2 is 1.74 bits per heavy atom. The molecule has 1 saturated heterocycles. The number of carbonyl (C=O) groups excluding carboxylic acids is 1. The lowest BCUT2D eigenvalue weighted by Crippen LogP contribution is -2.47. The Kier molecular flexibility index (Phi) is 6.90. The van der Waals surface area contributed by atoms with Crippen molar-refractivity contribution in [3.63, 3.8) is 0 Å². The van der Waals surface area contributed by atoms with Gasteiger partial charge in [-0.3, -0.25) is 14.5 Å². The molecule has 196 valence electrons. The molecule has 0 radical (unpaired) electrons. The van der Waals surface area contributed by atoms with Crippen LogP contribution in [0.5, 0.6) is 0 Å². The van der Waals surface area contributed by atoms with Gasteiger partial charge in [0.2, 0.25) is 0 Å².